The highest BCUT2D eigenvalue weighted by atomic mass is 35.5. The van der Waals surface area contributed by atoms with Crippen molar-refractivity contribution >= 4 is 18.3 Å². The van der Waals surface area contributed by atoms with Gasteiger partial charge in [-0.3, -0.25) is 4.79 Å². The third kappa shape index (κ3) is 3.92. The fourth-order valence-corrected chi connectivity index (χ4v) is 1.26. The summed E-state index contributed by atoms with van der Waals surface area (Å²) in [5, 5.41) is 2.58. The third-order valence-electron chi connectivity index (χ3n) is 2.46. The maximum Gasteiger partial charge on any atom is 0.254 e. The van der Waals surface area contributed by atoms with Crippen molar-refractivity contribution < 1.29 is 13.6 Å². The first kappa shape index (κ1) is 16.8. The van der Waals surface area contributed by atoms with Gasteiger partial charge in [-0.05, 0) is 32.4 Å². The van der Waals surface area contributed by atoms with Crippen LogP contribution >= 0.6 is 12.4 Å². The minimum absolute atomic E-state index is 0. The maximum atomic E-state index is 13.4. The summed E-state index contributed by atoms with van der Waals surface area (Å²) < 4.78 is 26.5. The van der Waals surface area contributed by atoms with E-state index in [1.165, 1.54) is 13.0 Å². The Morgan fingerprint density at radius 1 is 1.33 bits per heavy atom. The van der Waals surface area contributed by atoms with Crippen molar-refractivity contribution in [2.75, 3.05) is 6.54 Å². The predicted molar refractivity (Wildman–Crippen MR) is 68.9 cm³/mol. The highest BCUT2D eigenvalue weighted by Gasteiger charge is 2.22. The highest BCUT2D eigenvalue weighted by molar-refractivity contribution is 5.95. The second-order valence-corrected chi connectivity index (χ2v) is 4.62. The van der Waals surface area contributed by atoms with E-state index in [1.54, 1.807) is 13.8 Å². The second-order valence-electron chi connectivity index (χ2n) is 4.62. The van der Waals surface area contributed by atoms with Gasteiger partial charge in [-0.1, -0.05) is 0 Å². The van der Waals surface area contributed by atoms with E-state index in [0.29, 0.717) is 6.07 Å². The molecule has 3 nitrogen and oxygen atoms in total. The van der Waals surface area contributed by atoms with Gasteiger partial charge in [0.15, 0.2) is 0 Å². The molecule has 0 fully saturated rings. The minimum atomic E-state index is -0.876. The first-order valence-electron chi connectivity index (χ1n) is 5.25. The zero-order valence-corrected chi connectivity index (χ0v) is 11.3. The molecule has 0 aliphatic carbocycles. The molecule has 0 saturated heterocycles. The molecular weight excluding hydrogens is 262 g/mol. The van der Waals surface area contributed by atoms with Crippen molar-refractivity contribution in [1.29, 1.82) is 0 Å². The summed E-state index contributed by atoms with van der Waals surface area (Å²) in [5.74, 6) is -2.14. The molecule has 1 aromatic rings. The molecule has 3 N–H and O–H groups in total. The molecule has 0 aliphatic heterocycles. The van der Waals surface area contributed by atoms with Gasteiger partial charge < -0.3 is 11.1 Å². The maximum absolute atomic E-state index is 13.4. The number of aryl methyl sites for hydroxylation is 1. The van der Waals surface area contributed by atoms with Gasteiger partial charge >= 0.3 is 0 Å². The summed E-state index contributed by atoms with van der Waals surface area (Å²) in [6.45, 7) is 5.14. The van der Waals surface area contributed by atoms with E-state index < -0.39 is 23.1 Å². The lowest BCUT2D eigenvalue weighted by Crippen LogP contribution is -2.49. The van der Waals surface area contributed by atoms with Crippen LogP contribution in [-0.2, 0) is 0 Å². The molecule has 18 heavy (non-hydrogen) atoms. The Labute approximate surface area is 111 Å². The molecule has 0 radical (unpaired) electrons. The molecule has 6 heteroatoms. The van der Waals surface area contributed by atoms with E-state index in [4.69, 9.17) is 5.73 Å². The Bertz CT molecular complexity index is 450. The molecule has 1 amide bonds. The average molecular weight is 279 g/mol. The lowest BCUT2D eigenvalue weighted by atomic mass is 10.0. The Morgan fingerprint density at radius 3 is 2.39 bits per heavy atom. The molecule has 0 bridgehead atoms. The molecular formula is C12H17ClF2N2O. The zero-order valence-electron chi connectivity index (χ0n) is 10.5. The molecule has 0 unspecified atom stereocenters. The van der Waals surface area contributed by atoms with Crippen LogP contribution in [0.5, 0.6) is 0 Å². The summed E-state index contributed by atoms with van der Waals surface area (Å²) in [6.07, 6.45) is 0. The van der Waals surface area contributed by atoms with Crippen LogP contribution in [0.3, 0.4) is 0 Å². The quantitative estimate of drug-likeness (QED) is 0.890. The van der Waals surface area contributed by atoms with Gasteiger partial charge in [-0.15, -0.1) is 12.4 Å². The van der Waals surface area contributed by atoms with Crippen LogP contribution in [-0.4, -0.2) is 18.0 Å². The largest absolute Gasteiger partial charge is 0.346 e. The van der Waals surface area contributed by atoms with Gasteiger partial charge in [0.2, 0.25) is 0 Å². The van der Waals surface area contributed by atoms with Crippen LogP contribution in [0.2, 0.25) is 0 Å². The lowest BCUT2D eigenvalue weighted by molar-refractivity contribution is 0.0911. The van der Waals surface area contributed by atoms with E-state index in [0.717, 1.165) is 0 Å². The topological polar surface area (TPSA) is 55.1 Å². The summed E-state index contributed by atoms with van der Waals surface area (Å²) in [4.78, 5) is 11.8. The number of carbonyl (C=O) groups excluding carboxylic acids is 1. The normalized spacial score (nSPS) is 10.8. The molecule has 0 aliphatic rings. The first-order valence-corrected chi connectivity index (χ1v) is 5.25. The van der Waals surface area contributed by atoms with Crippen LogP contribution in [0.1, 0.15) is 29.8 Å². The van der Waals surface area contributed by atoms with Crippen molar-refractivity contribution in [1.82, 2.24) is 5.32 Å². The number of amides is 1. The molecule has 1 rings (SSSR count). The second kappa shape index (κ2) is 6.11. The van der Waals surface area contributed by atoms with Crippen LogP contribution in [0, 0.1) is 18.6 Å². The summed E-state index contributed by atoms with van der Waals surface area (Å²) in [5.41, 5.74) is 4.87. The SMILES string of the molecule is Cc1cc(C(=O)NC(C)(C)CN)c(F)cc1F.Cl. The number of rotatable bonds is 3. The summed E-state index contributed by atoms with van der Waals surface area (Å²) >= 11 is 0. The van der Waals surface area contributed by atoms with Gasteiger partial charge in [0.05, 0.1) is 5.56 Å². The molecule has 0 saturated carbocycles. The fourth-order valence-electron chi connectivity index (χ4n) is 1.26. The number of nitrogens with two attached hydrogens (primary N) is 1. The van der Waals surface area contributed by atoms with Gasteiger partial charge in [-0.2, -0.15) is 0 Å². The van der Waals surface area contributed by atoms with Crippen LogP contribution in [0.15, 0.2) is 12.1 Å². The number of halogens is 3. The third-order valence-corrected chi connectivity index (χ3v) is 2.46. The molecule has 0 aromatic heterocycles. The fraction of sp³-hybridized carbons (Fsp3) is 0.417. The highest BCUT2D eigenvalue weighted by Crippen LogP contribution is 2.15. The van der Waals surface area contributed by atoms with Crippen molar-refractivity contribution in [3.05, 3.63) is 34.9 Å². The minimum Gasteiger partial charge on any atom is -0.346 e. The first-order chi connectivity index (χ1) is 7.76. The lowest BCUT2D eigenvalue weighted by Gasteiger charge is -2.24. The number of benzene rings is 1. The summed E-state index contributed by atoms with van der Waals surface area (Å²) in [7, 11) is 0. The number of carbonyl (C=O) groups is 1. The number of hydrogen-bond acceptors (Lipinski definition) is 2. The summed E-state index contributed by atoms with van der Waals surface area (Å²) in [6, 6.07) is 1.90. The molecule has 0 heterocycles. The number of hydrogen-bond donors (Lipinski definition) is 2. The van der Waals surface area contributed by atoms with Gasteiger partial charge in [0.25, 0.3) is 5.91 Å². The number of nitrogens with one attached hydrogen (secondary N) is 1. The smallest absolute Gasteiger partial charge is 0.254 e. The van der Waals surface area contributed by atoms with Gasteiger partial charge in [0, 0.05) is 18.2 Å². The molecule has 102 valence electrons. The molecule has 0 atom stereocenters. The van der Waals surface area contributed by atoms with E-state index in [1.807, 2.05) is 0 Å². The van der Waals surface area contributed by atoms with Crippen molar-refractivity contribution in [2.45, 2.75) is 26.3 Å². The van der Waals surface area contributed by atoms with Crippen LogP contribution in [0.4, 0.5) is 8.78 Å². The Balaban J connectivity index is 0.00000289. The van der Waals surface area contributed by atoms with Crippen molar-refractivity contribution in [3.63, 3.8) is 0 Å². The van der Waals surface area contributed by atoms with E-state index in [-0.39, 0.29) is 30.1 Å². The van der Waals surface area contributed by atoms with Gasteiger partial charge in [0.1, 0.15) is 11.6 Å². The average Bonchev–Trinajstić information content (AvgIpc) is 2.22. The van der Waals surface area contributed by atoms with Gasteiger partial charge in [-0.25, -0.2) is 8.78 Å². The molecule has 1 aromatic carbocycles. The monoisotopic (exact) mass is 278 g/mol. The Hall–Kier alpha value is -1.20. The van der Waals surface area contributed by atoms with Crippen molar-refractivity contribution in [2.24, 2.45) is 5.73 Å². The van der Waals surface area contributed by atoms with E-state index in [9.17, 15) is 13.6 Å². The Morgan fingerprint density at radius 2 is 1.89 bits per heavy atom. The standard InChI is InChI=1S/C12H16F2N2O.ClH/c1-7-4-8(10(14)5-9(7)13)11(17)16-12(2,3)6-15;/h4-5H,6,15H2,1-3H3,(H,16,17);1H. The Kier molecular flexibility index (Phi) is 5.70. The molecule has 0 spiro atoms. The van der Waals surface area contributed by atoms with Crippen molar-refractivity contribution in [3.8, 4) is 0 Å². The zero-order chi connectivity index (χ0) is 13.2. The van der Waals surface area contributed by atoms with Crippen LogP contribution in [0.25, 0.3) is 0 Å². The predicted octanol–water partition coefficient (Wildman–Crippen LogP) is 2.16. The van der Waals surface area contributed by atoms with E-state index >= 15 is 0 Å². The van der Waals surface area contributed by atoms with E-state index in [2.05, 4.69) is 5.32 Å². The van der Waals surface area contributed by atoms with Crippen LogP contribution < -0.4 is 11.1 Å².